The minimum absolute atomic E-state index is 0.260. The lowest BCUT2D eigenvalue weighted by Crippen LogP contribution is -2.15. The van der Waals surface area contributed by atoms with Gasteiger partial charge in [-0.3, -0.25) is 0 Å². The molecule has 0 radical (unpaired) electrons. The van der Waals surface area contributed by atoms with Crippen LogP contribution >= 0.6 is 0 Å². The van der Waals surface area contributed by atoms with Crippen LogP contribution in [0.2, 0.25) is 0 Å². The van der Waals surface area contributed by atoms with Crippen molar-refractivity contribution < 1.29 is 13.9 Å². The lowest BCUT2D eigenvalue weighted by atomic mass is 10.2. The van der Waals surface area contributed by atoms with E-state index >= 15 is 0 Å². The van der Waals surface area contributed by atoms with Crippen molar-refractivity contribution in [2.45, 2.75) is 13.3 Å². The molecular formula is C16H15FN2O2. The van der Waals surface area contributed by atoms with Crippen LogP contribution in [-0.2, 0) is 11.2 Å². The van der Waals surface area contributed by atoms with Crippen molar-refractivity contribution in [2.24, 2.45) is 0 Å². The molecule has 0 atom stereocenters. The molecule has 0 fully saturated rings. The van der Waals surface area contributed by atoms with E-state index in [9.17, 15) is 9.18 Å². The zero-order valence-electron chi connectivity index (χ0n) is 11.7. The molecule has 3 rings (SSSR count). The summed E-state index contributed by atoms with van der Waals surface area (Å²) in [4.78, 5) is 17.8. The first-order valence-electron chi connectivity index (χ1n) is 6.88. The van der Waals surface area contributed by atoms with Crippen LogP contribution in [0.3, 0.4) is 0 Å². The Bertz CT molecular complexity index is 670. The van der Waals surface area contributed by atoms with E-state index in [0.717, 1.165) is 24.2 Å². The third kappa shape index (κ3) is 2.59. The van der Waals surface area contributed by atoms with Crippen LogP contribution < -0.4 is 4.90 Å². The van der Waals surface area contributed by atoms with E-state index in [1.54, 1.807) is 25.1 Å². The Hall–Kier alpha value is -2.43. The van der Waals surface area contributed by atoms with Crippen molar-refractivity contribution in [3.63, 3.8) is 0 Å². The summed E-state index contributed by atoms with van der Waals surface area (Å²) >= 11 is 0. The second kappa shape index (κ2) is 5.52. The number of hydrogen-bond acceptors (Lipinski definition) is 4. The molecule has 0 unspecified atom stereocenters. The molecule has 0 saturated carbocycles. The van der Waals surface area contributed by atoms with Gasteiger partial charge in [0.1, 0.15) is 11.6 Å². The molecule has 1 aliphatic heterocycles. The SMILES string of the molecule is CCOC(=O)c1ccc(N2CCc3ccc(F)cc32)nc1. The molecule has 1 aliphatic rings. The molecule has 4 nitrogen and oxygen atoms in total. The van der Waals surface area contributed by atoms with Gasteiger partial charge in [-0.1, -0.05) is 6.07 Å². The molecule has 1 aromatic carbocycles. The van der Waals surface area contributed by atoms with Crippen LogP contribution in [-0.4, -0.2) is 24.1 Å². The number of ether oxygens (including phenoxy) is 1. The largest absolute Gasteiger partial charge is 0.462 e. The second-order valence-corrected chi connectivity index (χ2v) is 4.80. The zero-order chi connectivity index (χ0) is 14.8. The number of aromatic nitrogens is 1. The number of carbonyl (C=O) groups is 1. The van der Waals surface area contributed by atoms with E-state index in [4.69, 9.17) is 4.74 Å². The number of anilines is 2. The third-order valence-corrected chi connectivity index (χ3v) is 3.48. The van der Waals surface area contributed by atoms with Gasteiger partial charge >= 0.3 is 5.97 Å². The maximum absolute atomic E-state index is 13.4. The summed E-state index contributed by atoms with van der Waals surface area (Å²) in [6.45, 7) is 2.85. The van der Waals surface area contributed by atoms with Crippen LogP contribution in [0.1, 0.15) is 22.8 Å². The Kier molecular flexibility index (Phi) is 3.56. The number of fused-ring (bicyclic) bond motifs is 1. The highest BCUT2D eigenvalue weighted by Crippen LogP contribution is 2.33. The summed E-state index contributed by atoms with van der Waals surface area (Å²) < 4.78 is 18.3. The molecule has 2 heterocycles. The van der Waals surface area contributed by atoms with E-state index in [2.05, 4.69) is 4.98 Å². The van der Waals surface area contributed by atoms with Crippen molar-refractivity contribution in [3.05, 3.63) is 53.5 Å². The van der Waals surface area contributed by atoms with Crippen molar-refractivity contribution in [2.75, 3.05) is 18.1 Å². The first-order chi connectivity index (χ1) is 10.2. The first kappa shape index (κ1) is 13.5. The number of carbonyl (C=O) groups excluding carboxylic acids is 1. The summed E-state index contributed by atoms with van der Waals surface area (Å²) in [5.41, 5.74) is 2.36. The highest BCUT2D eigenvalue weighted by molar-refractivity contribution is 5.89. The summed E-state index contributed by atoms with van der Waals surface area (Å²) in [7, 11) is 0. The van der Waals surface area contributed by atoms with Gasteiger partial charge in [0.05, 0.1) is 12.2 Å². The fourth-order valence-corrected chi connectivity index (χ4v) is 2.47. The molecule has 0 saturated heterocycles. The Morgan fingerprint density at radius 3 is 2.95 bits per heavy atom. The second-order valence-electron chi connectivity index (χ2n) is 4.80. The van der Waals surface area contributed by atoms with Gasteiger partial charge in [0, 0.05) is 18.4 Å². The van der Waals surface area contributed by atoms with E-state index < -0.39 is 0 Å². The summed E-state index contributed by atoms with van der Waals surface area (Å²) in [6.07, 6.45) is 2.35. The molecule has 0 spiro atoms. The van der Waals surface area contributed by atoms with Gasteiger partial charge in [-0.25, -0.2) is 14.2 Å². The molecule has 21 heavy (non-hydrogen) atoms. The van der Waals surface area contributed by atoms with Crippen LogP contribution in [0.15, 0.2) is 36.5 Å². The van der Waals surface area contributed by atoms with Gasteiger partial charge in [0.15, 0.2) is 0 Å². The van der Waals surface area contributed by atoms with E-state index in [1.807, 2.05) is 4.90 Å². The summed E-state index contributed by atoms with van der Waals surface area (Å²) in [5.74, 6) is 0.0561. The first-order valence-corrected chi connectivity index (χ1v) is 6.88. The molecule has 0 aliphatic carbocycles. The van der Waals surface area contributed by atoms with Crippen LogP contribution in [0.5, 0.6) is 0 Å². The van der Waals surface area contributed by atoms with Crippen LogP contribution in [0.25, 0.3) is 0 Å². The average molecular weight is 286 g/mol. The molecule has 108 valence electrons. The van der Waals surface area contributed by atoms with Gasteiger partial charge in [0.25, 0.3) is 0 Å². The standard InChI is InChI=1S/C16H15FN2O2/c1-2-21-16(20)12-4-6-15(18-10-12)19-8-7-11-3-5-13(17)9-14(11)19/h3-6,9-10H,2,7-8H2,1H3. The number of benzene rings is 1. The number of nitrogens with zero attached hydrogens (tertiary/aromatic N) is 2. The smallest absolute Gasteiger partial charge is 0.339 e. The molecule has 1 aromatic heterocycles. The monoisotopic (exact) mass is 286 g/mol. The normalized spacial score (nSPS) is 13.1. The maximum Gasteiger partial charge on any atom is 0.339 e. The molecule has 0 bridgehead atoms. The minimum Gasteiger partial charge on any atom is -0.462 e. The number of rotatable bonds is 3. The van der Waals surface area contributed by atoms with Crippen molar-refractivity contribution in [3.8, 4) is 0 Å². The summed E-state index contributed by atoms with van der Waals surface area (Å²) in [6, 6.07) is 8.23. The Labute approximate surface area is 122 Å². The number of pyridine rings is 1. The quantitative estimate of drug-likeness (QED) is 0.813. The lowest BCUT2D eigenvalue weighted by Gasteiger charge is -2.18. The summed E-state index contributed by atoms with van der Waals surface area (Å²) in [5, 5.41) is 0. The van der Waals surface area contributed by atoms with Gasteiger partial charge in [-0.2, -0.15) is 0 Å². The van der Waals surface area contributed by atoms with E-state index in [-0.39, 0.29) is 11.8 Å². The molecule has 0 N–H and O–H groups in total. The number of esters is 1. The molecule has 0 amide bonds. The topological polar surface area (TPSA) is 42.4 Å². The predicted octanol–water partition coefficient (Wildman–Crippen LogP) is 3.09. The van der Waals surface area contributed by atoms with Gasteiger partial charge < -0.3 is 9.64 Å². The van der Waals surface area contributed by atoms with Crippen molar-refractivity contribution >= 4 is 17.5 Å². The van der Waals surface area contributed by atoms with Gasteiger partial charge in [0.2, 0.25) is 0 Å². The lowest BCUT2D eigenvalue weighted by molar-refractivity contribution is 0.0526. The highest BCUT2D eigenvalue weighted by atomic mass is 19.1. The minimum atomic E-state index is -0.385. The molecule has 2 aromatic rings. The van der Waals surface area contributed by atoms with Gasteiger partial charge in [-0.15, -0.1) is 0 Å². The Morgan fingerprint density at radius 1 is 1.38 bits per heavy atom. The van der Waals surface area contributed by atoms with E-state index in [0.29, 0.717) is 18.0 Å². The van der Waals surface area contributed by atoms with Crippen LogP contribution in [0, 0.1) is 5.82 Å². The Morgan fingerprint density at radius 2 is 2.24 bits per heavy atom. The molecule has 5 heteroatoms. The molecular weight excluding hydrogens is 271 g/mol. The predicted molar refractivity (Wildman–Crippen MR) is 77.3 cm³/mol. The zero-order valence-corrected chi connectivity index (χ0v) is 11.7. The fourth-order valence-electron chi connectivity index (χ4n) is 2.47. The Balaban J connectivity index is 1.86. The van der Waals surface area contributed by atoms with Crippen LogP contribution in [0.4, 0.5) is 15.9 Å². The fraction of sp³-hybridized carbons (Fsp3) is 0.250. The third-order valence-electron chi connectivity index (χ3n) is 3.48. The maximum atomic E-state index is 13.4. The van der Waals surface area contributed by atoms with E-state index in [1.165, 1.54) is 18.3 Å². The van der Waals surface area contributed by atoms with Crippen molar-refractivity contribution in [1.29, 1.82) is 0 Å². The number of hydrogen-bond donors (Lipinski definition) is 0. The average Bonchev–Trinajstić information content (AvgIpc) is 2.90. The van der Waals surface area contributed by atoms with Gasteiger partial charge in [-0.05, 0) is 43.2 Å². The van der Waals surface area contributed by atoms with Crippen molar-refractivity contribution in [1.82, 2.24) is 4.98 Å². The number of halogens is 1. The highest BCUT2D eigenvalue weighted by Gasteiger charge is 2.22.